The van der Waals surface area contributed by atoms with Gasteiger partial charge in [-0.15, -0.1) is 11.3 Å². The van der Waals surface area contributed by atoms with Gasteiger partial charge in [0.05, 0.1) is 17.2 Å². The van der Waals surface area contributed by atoms with Gasteiger partial charge in [0.15, 0.2) is 6.10 Å². The second kappa shape index (κ2) is 10.2. The second-order valence-corrected chi connectivity index (χ2v) is 10.7. The number of thiazole rings is 1. The van der Waals surface area contributed by atoms with Crippen molar-refractivity contribution < 1.29 is 14.4 Å². The number of oxime groups is 1. The Labute approximate surface area is 212 Å². The third kappa shape index (κ3) is 4.95. The standard InChI is InChI=1S/C24H26Cl2N4O3S/c25-16-4-3-5-17(26)23(16)20-12-18(28-33-20)19-14-34-24(27-19)15-7-10-29(11-8-15)22(32)13-30-9-2-1-6-21(30)31/h3-5,14-15,20H,1-2,6-13H2/t20-/m1/s1. The zero-order chi connectivity index (χ0) is 23.7. The fourth-order valence-electron chi connectivity index (χ4n) is 4.78. The molecule has 0 N–H and O–H groups in total. The van der Waals surface area contributed by atoms with Gasteiger partial charge in [0.2, 0.25) is 11.8 Å². The number of nitrogens with zero attached hydrogens (tertiary/aromatic N) is 4. The molecule has 0 radical (unpaired) electrons. The van der Waals surface area contributed by atoms with Crippen LogP contribution in [0, 0.1) is 0 Å². The third-order valence-electron chi connectivity index (χ3n) is 6.75. The van der Waals surface area contributed by atoms with Crippen LogP contribution in [-0.4, -0.2) is 58.5 Å². The molecule has 1 atom stereocenters. The summed E-state index contributed by atoms with van der Waals surface area (Å²) in [5.74, 6) is 0.467. The quantitative estimate of drug-likeness (QED) is 0.553. The molecule has 0 aliphatic carbocycles. The molecular formula is C24H26Cl2N4O3S. The number of rotatable bonds is 5. The lowest BCUT2D eigenvalue weighted by molar-refractivity contribution is -0.142. The highest BCUT2D eigenvalue weighted by Crippen LogP contribution is 2.39. The predicted octanol–water partition coefficient (Wildman–Crippen LogP) is 5.03. The van der Waals surface area contributed by atoms with Gasteiger partial charge in [0.1, 0.15) is 5.71 Å². The van der Waals surface area contributed by atoms with Crippen molar-refractivity contribution in [1.82, 2.24) is 14.8 Å². The molecule has 2 aromatic rings. The molecule has 5 rings (SSSR count). The summed E-state index contributed by atoms with van der Waals surface area (Å²) in [6, 6.07) is 5.41. The minimum Gasteiger partial charge on any atom is -0.387 e. The molecule has 2 amide bonds. The Kier molecular flexibility index (Phi) is 7.09. The maximum absolute atomic E-state index is 12.7. The van der Waals surface area contributed by atoms with E-state index in [1.54, 1.807) is 28.4 Å². The number of hydrogen-bond donors (Lipinski definition) is 0. The van der Waals surface area contributed by atoms with Crippen molar-refractivity contribution >= 4 is 52.1 Å². The highest BCUT2D eigenvalue weighted by molar-refractivity contribution is 7.10. The summed E-state index contributed by atoms with van der Waals surface area (Å²) in [4.78, 5) is 38.8. The minimum absolute atomic E-state index is 0.0512. The van der Waals surface area contributed by atoms with Gasteiger partial charge in [-0.25, -0.2) is 4.98 Å². The van der Waals surface area contributed by atoms with Gasteiger partial charge < -0.3 is 14.6 Å². The SMILES string of the molecule is O=C(CN1CCCCC1=O)N1CCC(c2nc(C3=NO[C@@H](c4c(Cl)cccc4Cl)C3)cs2)CC1. The molecule has 2 saturated heterocycles. The topological polar surface area (TPSA) is 75.1 Å². The van der Waals surface area contributed by atoms with E-state index in [2.05, 4.69) is 5.16 Å². The summed E-state index contributed by atoms with van der Waals surface area (Å²) in [5, 5.41) is 8.48. The zero-order valence-corrected chi connectivity index (χ0v) is 21.0. The molecule has 1 aromatic heterocycles. The number of piperidine rings is 2. The molecule has 0 bridgehead atoms. The zero-order valence-electron chi connectivity index (χ0n) is 18.7. The Hall–Kier alpha value is -2.16. The lowest BCUT2D eigenvalue weighted by Gasteiger charge is -2.34. The highest BCUT2D eigenvalue weighted by atomic mass is 35.5. The van der Waals surface area contributed by atoms with Crippen LogP contribution in [0.25, 0.3) is 0 Å². The maximum Gasteiger partial charge on any atom is 0.242 e. The van der Waals surface area contributed by atoms with E-state index in [0.29, 0.717) is 48.4 Å². The Morgan fingerprint density at radius 2 is 1.91 bits per heavy atom. The van der Waals surface area contributed by atoms with E-state index < -0.39 is 0 Å². The third-order valence-corrected chi connectivity index (χ3v) is 8.42. The average Bonchev–Trinajstić information content (AvgIpc) is 3.51. The van der Waals surface area contributed by atoms with Crippen molar-refractivity contribution in [2.24, 2.45) is 5.16 Å². The first kappa shape index (κ1) is 23.6. The molecule has 0 saturated carbocycles. The maximum atomic E-state index is 12.7. The van der Waals surface area contributed by atoms with Gasteiger partial charge in [-0.1, -0.05) is 34.4 Å². The summed E-state index contributed by atoms with van der Waals surface area (Å²) in [5.41, 5.74) is 2.37. The van der Waals surface area contributed by atoms with Crippen molar-refractivity contribution in [3.63, 3.8) is 0 Å². The number of likely N-dealkylation sites (tertiary alicyclic amines) is 2. The van der Waals surface area contributed by atoms with Crippen LogP contribution in [0.5, 0.6) is 0 Å². The van der Waals surface area contributed by atoms with Crippen LogP contribution in [0.15, 0.2) is 28.7 Å². The summed E-state index contributed by atoms with van der Waals surface area (Å²) in [7, 11) is 0. The molecule has 3 aliphatic rings. The number of amides is 2. The lowest BCUT2D eigenvalue weighted by atomic mass is 9.97. The number of halogens is 2. The van der Waals surface area contributed by atoms with E-state index in [9.17, 15) is 9.59 Å². The Morgan fingerprint density at radius 3 is 2.65 bits per heavy atom. The van der Waals surface area contributed by atoms with Crippen LogP contribution < -0.4 is 0 Å². The Morgan fingerprint density at radius 1 is 1.15 bits per heavy atom. The highest BCUT2D eigenvalue weighted by Gasteiger charge is 2.31. The number of carbonyl (C=O) groups is 2. The minimum atomic E-state index is -0.317. The number of hydrogen-bond acceptors (Lipinski definition) is 6. The largest absolute Gasteiger partial charge is 0.387 e. The molecule has 180 valence electrons. The van der Waals surface area contributed by atoms with Crippen LogP contribution in [-0.2, 0) is 14.4 Å². The smallest absolute Gasteiger partial charge is 0.242 e. The first-order valence-corrected chi connectivity index (χ1v) is 13.3. The number of benzene rings is 1. The molecule has 0 spiro atoms. The summed E-state index contributed by atoms with van der Waals surface area (Å²) >= 11 is 14.3. The fraction of sp³-hybridized carbons (Fsp3) is 0.500. The molecule has 3 aliphatic heterocycles. The van der Waals surface area contributed by atoms with Crippen LogP contribution in [0.4, 0.5) is 0 Å². The van der Waals surface area contributed by atoms with E-state index in [-0.39, 0.29) is 24.5 Å². The normalized spacial score (nSPS) is 21.5. The van der Waals surface area contributed by atoms with E-state index in [0.717, 1.165) is 47.7 Å². The fourth-order valence-corrected chi connectivity index (χ4v) is 6.42. The van der Waals surface area contributed by atoms with E-state index >= 15 is 0 Å². The Balaban J connectivity index is 1.15. The monoisotopic (exact) mass is 520 g/mol. The number of aromatic nitrogens is 1. The molecule has 7 nitrogen and oxygen atoms in total. The molecular weight excluding hydrogens is 495 g/mol. The van der Waals surface area contributed by atoms with Crippen molar-refractivity contribution in [3.05, 3.63) is 49.9 Å². The summed E-state index contributed by atoms with van der Waals surface area (Å²) in [6.07, 6.45) is 4.45. The van der Waals surface area contributed by atoms with Gasteiger partial charge in [-0.3, -0.25) is 9.59 Å². The molecule has 10 heteroatoms. The Bertz CT molecular complexity index is 1090. The van der Waals surface area contributed by atoms with Crippen molar-refractivity contribution in [2.75, 3.05) is 26.2 Å². The van der Waals surface area contributed by atoms with E-state index in [1.165, 1.54) is 0 Å². The first-order valence-electron chi connectivity index (χ1n) is 11.7. The molecule has 1 aromatic carbocycles. The molecule has 4 heterocycles. The number of carbonyl (C=O) groups excluding carboxylic acids is 2. The van der Waals surface area contributed by atoms with Gasteiger partial charge in [-0.2, -0.15) is 0 Å². The van der Waals surface area contributed by atoms with Gasteiger partial charge in [0.25, 0.3) is 0 Å². The van der Waals surface area contributed by atoms with Crippen molar-refractivity contribution in [1.29, 1.82) is 0 Å². The van der Waals surface area contributed by atoms with Crippen LogP contribution in [0.3, 0.4) is 0 Å². The van der Waals surface area contributed by atoms with Gasteiger partial charge in [0, 0.05) is 59.4 Å². The van der Waals surface area contributed by atoms with Crippen LogP contribution in [0.1, 0.15) is 66.8 Å². The predicted molar refractivity (Wildman–Crippen MR) is 133 cm³/mol. The second-order valence-electron chi connectivity index (χ2n) is 8.97. The van der Waals surface area contributed by atoms with E-state index in [1.807, 2.05) is 16.3 Å². The molecule has 34 heavy (non-hydrogen) atoms. The van der Waals surface area contributed by atoms with Crippen LogP contribution >= 0.6 is 34.5 Å². The van der Waals surface area contributed by atoms with E-state index in [4.69, 9.17) is 33.0 Å². The first-order chi connectivity index (χ1) is 16.5. The van der Waals surface area contributed by atoms with Crippen molar-refractivity contribution in [3.8, 4) is 0 Å². The van der Waals surface area contributed by atoms with Crippen LogP contribution in [0.2, 0.25) is 10.0 Å². The lowest BCUT2D eigenvalue weighted by Crippen LogP contribution is -2.46. The summed E-state index contributed by atoms with van der Waals surface area (Å²) in [6.45, 7) is 2.29. The van der Waals surface area contributed by atoms with Crippen molar-refractivity contribution in [2.45, 2.75) is 50.5 Å². The average molecular weight is 521 g/mol. The molecule has 0 unspecified atom stereocenters. The van der Waals surface area contributed by atoms with Gasteiger partial charge in [-0.05, 0) is 37.8 Å². The van der Waals surface area contributed by atoms with Gasteiger partial charge >= 0.3 is 0 Å². The summed E-state index contributed by atoms with van der Waals surface area (Å²) < 4.78 is 0. The molecule has 2 fully saturated rings.